The Morgan fingerprint density at radius 2 is 2.00 bits per heavy atom. The summed E-state index contributed by atoms with van der Waals surface area (Å²) in [5.74, 6) is -0.939. The fourth-order valence-corrected chi connectivity index (χ4v) is 1.67. The summed E-state index contributed by atoms with van der Waals surface area (Å²) in [5, 5.41) is 9.18. The Hall–Kier alpha value is -1.86. The fraction of sp³-hybridized carbons (Fsp3) is 0.467. The third-order valence-corrected chi connectivity index (χ3v) is 2.76. The summed E-state index contributed by atoms with van der Waals surface area (Å²) in [6.07, 6.45) is 0.143. The zero-order chi connectivity index (χ0) is 14.3. The molecule has 0 heterocycles. The van der Waals surface area contributed by atoms with Gasteiger partial charge < -0.3 is 9.64 Å². The van der Waals surface area contributed by atoms with E-state index in [1.807, 2.05) is 32.0 Å². The lowest BCUT2D eigenvalue weighted by Gasteiger charge is -2.20. The first kappa shape index (κ1) is 15.2. The van der Waals surface area contributed by atoms with Crippen LogP contribution in [0.4, 0.5) is 0 Å². The number of carbonyl (C=O) groups excluding carboxylic acids is 1. The molecule has 0 aromatic heterocycles. The number of rotatable bonds is 6. The number of hydrogen-bond donors (Lipinski definition) is 0. The van der Waals surface area contributed by atoms with Gasteiger partial charge in [0.25, 0.3) is 0 Å². The molecular weight excluding hydrogens is 240 g/mol. The number of nitriles is 1. The van der Waals surface area contributed by atoms with Crippen LogP contribution in [-0.2, 0) is 9.53 Å². The molecular formula is C15H20N2O2. The van der Waals surface area contributed by atoms with E-state index in [2.05, 4.69) is 6.07 Å². The second kappa shape index (κ2) is 7.55. The number of likely N-dealkylation sites (N-methyl/N-ethyl adjacent to an activating group) is 1. The van der Waals surface area contributed by atoms with E-state index in [9.17, 15) is 10.1 Å². The zero-order valence-electron chi connectivity index (χ0n) is 11.7. The largest absolute Gasteiger partial charge is 0.377 e. The van der Waals surface area contributed by atoms with Crippen molar-refractivity contribution < 1.29 is 9.53 Å². The summed E-state index contributed by atoms with van der Waals surface area (Å²) in [6.45, 7) is 4.86. The van der Waals surface area contributed by atoms with Gasteiger partial charge in [0.05, 0.1) is 18.8 Å². The van der Waals surface area contributed by atoms with Gasteiger partial charge in [-0.05, 0) is 19.4 Å². The molecule has 1 aromatic carbocycles. The molecule has 0 aliphatic heterocycles. The number of hydrogen-bond acceptors (Lipinski definition) is 3. The lowest BCUT2D eigenvalue weighted by atomic mass is 9.99. The highest BCUT2D eigenvalue weighted by atomic mass is 16.5. The average molecular weight is 260 g/mol. The third kappa shape index (κ3) is 4.72. The maximum absolute atomic E-state index is 12.2. The van der Waals surface area contributed by atoms with Crippen LogP contribution in [0.5, 0.6) is 0 Å². The van der Waals surface area contributed by atoms with Crippen molar-refractivity contribution in [3.05, 3.63) is 35.9 Å². The quantitative estimate of drug-likeness (QED) is 0.787. The summed E-state index contributed by atoms with van der Waals surface area (Å²) in [6, 6.07) is 11.2. The standard InChI is InChI=1S/C15H20N2O2/c1-12(2)19-10-9-17(3)15(18)14(11-16)13-7-5-4-6-8-13/h4-8,12,14H,9-10H2,1-3H3. The molecule has 0 aliphatic rings. The molecule has 1 amide bonds. The highest BCUT2D eigenvalue weighted by molar-refractivity contribution is 5.86. The Bertz CT molecular complexity index is 437. The van der Waals surface area contributed by atoms with E-state index in [0.717, 1.165) is 5.56 Å². The number of benzene rings is 1. The van der Waals surface area contributed by atoms with E-state index in [1.54, 1.807) is 24.1 Å². The number of nitrogens with zero attached hydrogens (tertiary/aromatic N) is 2. The second-order valence-corrected chi connectivity index (χ2v) is 4.65. The molecule has 102 valence electrons. The van der Waals surface area contributed by atoms with Gasteiger partial charge in [0.2, 0.25) is 5.91 Å². The minimum absolute atomic E-state index is 0.143. The summed E-state index contributed by atoms with van der Waals surface area (Å²) < 4.78 is 5.40. The van der Waals surface area contributed by atoms with Crippen LogP contribution in [0.15, 0.2) is 30.3 Å². The van der Waals surface area contributed by atoms with Crippen molar-refractivity contribution in [2.75, 3.05) is 20.2 Å². The highest BCUT2D eigenvalue weighted by Gasteiger charge is 2.23. The summed E-state index contributed by atoms with van der Waals surface area (Å²) in [5.41, 5.74) is 0.728. The molecule has 0 saturated heterocycles. The van der Waals surface area contributed by atoms with Gasteiger partial charge in [-0.15, -0.1) is 0 Å². The smallest absolute Gasteiger partial charge is 0.244 e. The Balaban J connectivity index is 2.62. The van der Waals surface area contributed by atoms with Crippen molar-refractivity contribution in [2.45, 2.75) is 25.9 Å². The maximum atomic E-state index is 12.2. The van der Waals surface area contributed by atoms with Gasteiger partial charge >= 0.3 is 0 Å². The molecule has 0 radical (unpaired) electrons. The summed E-state index contributed by atoms with van der Waals surface area (Å²) in [4.78, 5) is 13.7. The van der Waals surface area contributed by atoms with Crippen molar-refractivity contribution in [1.82, 2.24) is 4.90 Å². The summed E-state index contributed by atoms with van der Waals surface area (Å²) in [7, 11) is 1.69. The van der Waals surface area contributed by atoms with Gasteiger partial charge in [0.15, 0.2) is 0 Å². The van der Waals surface area contributed by atoms with Crippen LogP contribution in [0.25, 0.3) is 0 Å². The molecule has 4 nitrogen and oxygen atoms in total. The predicted molar refractivity (Wildman–Crippen MR) is 73.5 cm³/mol. The van der Waals surface area contributed by atoms with Gasteiger partial charge in [0, 0.05) is 13.6 Å². The molecule has 4 heteroatoms. The monoisotopic (exact) mass is 260 g/mol. The van der Waals surface area contributed by atoms with Crippen LogP contribution in [-0.4, -0.2) is 37.1 Å². The van der Waals surface area contributed by atoms with Crippen LogP contribution in [0.1, 0.15) is 25.3 Å². The first-order valence-corrected chi connectivity index (χ1v) is 6.37. The van der Waals surface area contributed by atoms with E-state index >= 15 is 0 Å². The lowest BCUT2D eigenvalue weighted by molar-refractivity contribution is -0.131. The molecule has 19 heavy (non-hydrogen) atoms. The van der Waals surface area contributed by atoms with Crippen molar-refractivity contribution in [2.24, 2.45) is 0 Å². The van der Waals surface area contributed by atoms with Crippen molar-refractivity contribution in [1.29, 1.82) is 5.26 Å². The molecule has 1 aromatic rings. The SMILES string of the molecule is CC(C)OCCN(C)C(=O)C(C#N)c1ccccc1. The van der Waals surface area contributed by atoms with E-state index in [0.29, 0.717) is 13.2 Å². The van der Waals surface area contributed by atoms with E-state index in [4.69, 9.17) is 4.74 Å². The van der Waals surface area contributed by atoms with Gasteiger partial charge in [-0.25, -0.2) is 0 Å². The Morgan fingerprint density at radius 1 is 1.37 bits per heavy atom. The molecule has 1 atom stereocenters. The highest BCUT2D eigenvalue weighted by Crippen LogP contribution is 2.16. The van der Waals surface area contributed by atoms with Gasteiger partial charge in [0.1, 0.15) is 5.92 Å². The van der Waals surface area contributed by atoms with Crippen LogP contribution < -0.4 is 0 Å². The Morgan fingerprint density at radius 3 is 2.53 bits per heavy atom. The number of amides is 1. The first-order valence-electron chi connectivity index (χ1n) is 6.37. The predicted octanol–water partition coefficient (Wildman–Crippen LogP) is 2.18. The van der Waals surface area contributed by atoms with Crippen molar-refractivity contribution in [3.63, 3.8) is 0 Å². The average Bonchev–Trinajstić information content (AvgIpc) is 2.40. The second-order valence-electron chi connectivity index (χ2n) is 4.65. The minimum Gasteiger partial charge on any atom is -0.377 e. The lowest BCUT2D eigenvalue weighted by Crippen LogP contribution is -2.34. The normalized spacial score (nSPS) is 11.9. The van der Waals surface area contributed by atoms with Gasteiger partial charge in [-0.3, -0.25) is 4.79 Å². The Labute approximate surface area is 114 Å². The molecule has 0 spiro atoms. The molecule has 0 N–H and O–H groups in total. The topological polar surface area (TPSA) is 53.3 Å². The zero-order valence-corrected chi connectivity index (χ0v) is 11.7. The van der Waals surface area contributed by atoms with Crippen LogP contribution in [0, 0.1) is 11.3 Å². The Kier molecular flexibility index (Phi) is 6.04. The number of ether oxygens (including phenoxy) is 1. The molecule has 0 aliphatic carbocycles. The van der Waals surface area contributed by atoms with E-state index in [-0.39, 0.29) is 12.0 Å². The van der Waals surface area contributed by atoms with Crippen molar-refractivity contribution in [3.8, 4) is 6.07 Å². The van der Waals surface area contributed by atoms with E-state index in [1.165, 1.54) is 0 Å². The van der Waals surface area contributed by atoms with Crippen molar-refractivity contribution >= 4 is 5.91 Å². The fourth-order valence-electron chi connectivity index (χ4n) is 1.67. The number of carbonyl (C=O) groups is 1. The van der Waals surface area contributed by atoms with Gasteiger partial charge in [-0.1, -0.05) is 30.3 Å². The van der Waals surface area contributed by atoms with E-state index < -0.39 is 5.92 Å². The van der Waals surface area contributed by atoms with Crippen LogP contribution in [0.2, 0.25) is 0 Å². The molecule has 1 rings (SSSR count). The van der Waals surface area contributed by atoms with Gasteiger partial charge in [-0.2, -0.15) is 5.26 Å². The third-order valence-electron chi connectivity index (χ3n) is 2.76. The molecule has 0 bridgehead atoms. The molecule has 0 fully saturated rings. The maximum Gasteiger partial charge on any atom is 0.244 e. The van der Waals surface area contributed by atoms with Crippen LogP contribution >= 0.6 is 0 Å². The molecule has 1 unspecified atom stereocenters. The molecule has 0 saturated carbocycles. The van der Waals surface area contributed by atoms with Crippen LogP contribution in [0.3, 0.4) is 0 Å². The minimum atomic E-state index is -0.745. The summed E-state index contributed by atoms with van der Waals surface area (Å²) >= 11 is 0. The first-order chi connectivity index (χ1) is 9.06.